The Morgan fingerprint density at radius 2 is 1.72 bits per heavy atom. The van der Waals surface area contributed by atoms with Crippen LogP contribution >= 0.6 is 7.60 Å². The van der Waals surface area contributed by atoms with Gasteiger partial charge in [0.15, 0.2) is 5.16 Å². The fraction of sp³-hybridized carbons (Fsp3) is 0.875. The summed E-state index contributed by atoms with van der Waals surface area (Å²) < 4.78 is 22.1. The van der Waals surface area contributed by atoms with Gasteiger partial charge in [0.05, 0.1) is 18.6 Å². The van der Waals surface area contributed by atoms with Crippen molar-refractivity contribution in [3.63, 3.8) is 0 Å². The monoisotopic (exact) mass is 382 g/mol. The highest BCUT2D eigenvalue weighted by Crippen LogP contribution is 2.58. The van der Waals surface area contributed by atoms with E-state index in [1.54, 1.807) is 13.8 Å². The SMILES string of the molecule is CCCCC(O)COC(=O)C(CC)(C(CC)C(=O)OCC)P(=O)(O)O. The highest BCUT2D eigenvalue weighted by Gasteiger charge is 2.61. The largest absolute Gasteiger partial charge is 0.466 e. The van der Waals surface area contributed by atoms with Crippen LogP contribution in [0.1, 0.15) is 59.8 Å². The van der Waals surface area contributed by atoms with Crippen LogP contribution in [0.15, 0.2) is 0 Å². The van der Waals surface area contributed by atoms with Crippen LogP contribution in [0.4, 0.5) is 0 Å². The van der Waals surface area contributed by atoms with Crippen LogP contribution in [0.2, 0.25) is 0 Å². The molecule has 8 nitrogen and oxygen atoms in total. The van der Waals surface area contributed by atoms with Crippen LogP contribution in [0.3, 0.4) is 0 Å². The third-order valence-corrected chi connectivity index (χ3v) is 6.12. The van der Waals surface area contributed by atoms with Crippen molar-refractivity contribution in [2.75, 3.05) is 13.2 Å². The second kappa shape index (κ2) is 10.9. The van der Waals surface area contributed by atoms with E-state index < -0.39 is 36.7 Å². The Labute approximate surface area is 149 Å². The van der Waals surface area contributed by atoms with Gasteiger partial charge in [-0.2, -0.15) is 0 Å². The summed E-state index contributed by atoms with van der Waals surface area (Å²) in [6.45, 7) is 6.12. The molecule has 0 aromatic carbocycles. The lowest BCUT2D eigenvalue weighted by atomic mass is 9.86. The molecule has 0 fully saturated rings. The van der Waals surface area contributed by atoms with Crippen molar-refractivity contribution in [2.24, 2.45) is 5.92 Å². The van der Waals surface area contributed by atoms with E-state index in [0.717, 1.165) is 12.8 Å². The van der Waals surface area contributed by atoms with Crippen molar-refractivity contribution in [2.45, 2.75) is 71.1 Å². The highest BCUT2D eigenvalue weighted by molar-refractivity contribution is 7.54. The first-order valence-electron chi connectivity index (χ1n) is 8.69. The molecular formula is C16H31O8P. The lowest BCUT2D eigenvalue weighted by molar-refractivity contribution is -0.161. The molecule has 3 atom stereocenters. The van der Waals surface area contributed by atoms with Crippen LogP contribution in [0.25, 0.3) is 0 Å². The second-order valence-corrected chi connectivity index (χ2v) is 7.82. The molecule has 0 aliphatic heterocycles. The number of ether oxygens (including phenoxy) is 2. The Kier molecular flexibility index (Phi) is 10.5. The zero-order chi connectivity index (χ0) is 19.7. The van der Waals surface area contributed by atoms with Gasteiger partial charge < -0.3 is 24.4 Å². The van der Waals surface area contributed by atoms with Crippen molar-refractivity contribution in [1.29, 1.82) is 0 Å². The van der Waals surface area contributed by atoms with Gasteiger partial charge in [0.1, 0.15) is 6.61 Å². The summed E-state index contributed by atoms with van der Waals surface area (Å²) in [6, 6.07) is 0. The molecule has 0 aliphatic rings. The number of carbonyl (C=O) groups excluding carboxylic acids is 2. The Balaban J connectivity index is 5.57. The Hall–Kier alpha value is -0.950. The number of esters is 2. The topological polar surface area (TPSA) is 130 Å². The molecule has 0 bridgehead atoms. The maximum atomic E-state index is 12.6. The van der Waals surface area contributed by atoms with Crippen molar-refractivity contribution >= 4 is 19.5 Å². The molecule has 0 saturated carbocycles. The molecule has 25 heavy (non-hydrogen) atoms. The van der Waals surface area contributed by atoms with E-state index >= 15 is 0 Å². The van der Waals surface area contributed by atoms with Gasteiger partial charge in [-0.1, -0.05) is 33.6 Å². The van der Waals surface area contributed by atoms with Gasteiger partial charge in [-0.05, 0) is 26.2 Å². The van der Waals surface area contributed by atoms with Gasteiger partial charge >= 0.3 is 19.5 Å². The normalized spacial score (nSPS) is 16.6. The lowest BCUT2D eigenvalue weighted by Crippen LogP contribution is -2.50. The molecule has 148 valence electrons. The Morgan fingerprint density at radius 3 is 2.12 bits per heavy atom. The van der Waals surface area contributed by atoms with E-state index in [9.17, 15) is 29.0 Å². The van der Waals surface area contributed by atoms with E-state index in [1.165, 1.54) is 6.92 Å². The lowest BCUT2D eigenvalue weighted by Gasteiger charge is -2.36. The predicted molar refractivity (Wildman–Crippen MR) is 92.0 cm³/mol. The molecule has 0 amide bonds. The van der Waals surface area contributed by atoms with Gasteiger partial charge in [0, 0.05) is 0 Å². The molecule has 9 heteroatoms. The molecule has 0 aromatic rings. The fourth-order valence-corrected chi connectivity index (χ4v) is 4.23. The van der Waals surface area contributed by atoms with E-state index in [0.29, 0.717) is 6.42 Å². The molecule has 0 saturated heterocycles. The van der Waals surface area contributed by atoms with Gasteiger partial charge in [0.2, 0.25) is 0 Å². The minimum atomic E-state index is -5.05. The van der Waals surface area contributed by atoms with Crippen molar-refractivity contribution in [1.82, 2.24) is 0 Å². The fourth-order valence-electron chi connectivity index (χ4n) is 2.82. The molecule has 0 rings (SSSR count). The molecule has 0 heterocycles. The van der Waals surface area contributed by atoms with E-state index in [2.05, 4.69) is 0 Å². The summed E-state index contributed by atoms with van der Waals surface area (Å²) in [7, 11) is -5.05. The first-order chi connectivity index (χ1) is 11.6. The van der Waals surface area contributed by atoms with Crippen LogP contribution in [-0.4, -0.2) is 51.3 Å². The number of carbonyl (C=O) groups is 2. The van der Waals surface area contributed by atoms with Crippen LogP contribution in [0, 0.1) is 5.92 Å². The average Bonchev–Trinajstić information content (AvgIpc) is 2.54. The predicted octanol–water partition coefficient (Wildman–Crippen LogP) is 2.00. The average molecular weight is 382 g/mol. The molecular weight excluding hydrogens is 351 g/mol. The smallest absolute Gasteiger partial charge is 0.343 e. The summed E-state index contributed by atoms with van der Waals surface area (Å²) in [6.07, 6.45) is 0.791. The minimum absolute atomic E-state index is 0.00523. The molecule has 0 radical (unpaired) electrons. The van der Waals surface area contributed by atoms with Gasteiger partial charge in [-0.3, -0.25) is 14.2 Å². The van der Waals surface area contributed by atoms with Crippen molar-refractivity contribution < 1.29 is 38.5 Å². The molecule has 0 aromatic heterocycles. The summed E-state index contributed by atoms with van der Waals surface area (Å²) in [5.41, 5.74) is 0. The maximum Gasteiger partial charge on any atom is 0.343 e. The van der Waals surface area contributed by atoms with Crippen LogP contribution < -0.4 is 0 Å². The van der Waals surface area contributed by atoms with E-state index in [1.807, 2.05) is 6.92 Å². The van der Waals surface area contributed by atoms with Gasteiger partial charge in [-0.25, -0.2) is 0 Å². The Bertz CT molecular complexity index is 475. The number of rotatable bonds is 12. The molecule has 3 unspecified atom stereocenters. The van der Waals surface area contributed by atoms with Crippen molar-refractivity contribution in [3.05, 3.63) is 0 Å². The third-order valence-electron chi connectivity index (χ3n) is 4.27. The minimum Gasteiger partial charge on any atom is -0.466 e. The molecule has 0 aliphatic carbocycles. The maximum absolute atomic E-state index is 12.6. The van der Waals surface area contributed by atoms with Crippen LogP contribution in [0.5, 0.6) is 0 Å². The summed E-state index contributed by atoms with van der Waals surface area (Å²) in [5, 5.41) is 7.48. The summed E-state index contributed by atoms with van der Waals surface area (Å²) in [5.74, 6) is -3.36. The summed E-state index contributed by atoms with van der Waals surface area (Å²) in [4.78, 5) is 44.5. The Morgan fingerprint density at radius 1 is 1.12 bits per heavy atom. The van der Waals surface area contributed by atoms with E-state index in [4.69, 9.17) is 9.47 Å². The van der Waals surface area contributed by atoms with Crippen LogP contribution in [-0.2, 0) is 23.6 Å². The summed E-state index contributed by atoms with van der Waals surface area (Å²) >= 11 is 0. The highest BCUT2D eigenvalue weighted by atomic mass is 31.2. The van der Waals surface area contributed by atoms with Gasteiger partial charge in [-0.15, -0.1) is 0 Å². The second-order valence-electron chi connectivity index (χ2n) is 5.93. The zero-order valence-corrected chi connectivity index (χ0v) is 16.3. The number of aliphatic hydroxyl groups excluding tert-OH is 1. The number of hydrogen-bond donors (Lipinski definition) is 3. The number of aliphatic hydroxyl groups is 1. The first kappa shape index (κ1) is 24.1. The van der Waals surface area contributed by atoms with E-state index in [-0.39, 0.29) is 26.1 Å². The standard InChI is InChI=1S/C16H31O8P/c1-5-9-10-12(17)11-24-15(19)16(7-3,25(20,21)22)13(6-2)14(18)23-8-4/h12-13,17H,5-11H2,1-4H3,(H2,20,21,22). The molecule has 0 spiro atoms. The number of unbranched alkanes of at least 4 members (excludes halogenated alkanes) is 1. The van der Waals surface area contributed by atoms with Crippen molar-refractivity contribution in [3.8, 4) is 0 Å². The third kappa shape index (κ3) is 6.06. The zero-order valence-electron chi connectivity index (χ0n) is 15.4. The quantitative estimate of drug-likeness (QED) is 0.345. The first-order valence-corrected chi connectivity index (χ1v) is 10.3. The van der Waals surface area contributed by atoms with Gasteiger partial charge in [0.25, 0.3) is 0 Å². The molecule has 3 N–H and O–H groups in total. The number of hydrogen-bond acceptors (Lipinski definition) is 6.